The first-order valence-corrected chi connectivity index (χ1v) is 10.6. The summed E-state index contributed by atoms with van der Waals surface area (Å²) in [6.45, 7) is 8.74. The van der Waals surface area contributed by atoms with Crippen LogP contribution in [0, 0.1) is 11.8 Å². The fourth-order valence-corrected chi connectivity index (χ4v) is 4.30. The van der Waals surface area contributed by atoms with Crippen molar-refractivity contribution in [3.05, 3.63) is 42.2 Å². The summed E-state index contributed by atoms with van der Waals surface area (Å²) in [4.78, 5) is 23.4. The summed E-state index contributed by atoms with van der Waals surface area (Å²) in [6.07, 6.45) is 3.82. The largest absolute Gasteiger partial charge is 0.356 e. The van der Waals surface area contributed by atoms with Crippen molar-refractivity contribution >= 4 is 29.2 Å². The van der Waals surface area contributed by atoms with Gasteiger partial charge in [0, 0.05) is 24.8 Å². The number of hydrogen-bond acceptors (Lipinski definition) is 5. The van der Waals surface area contributed by atoms with E-state index in [4.69, 9.17) is 0 Å². The van der Waals surface area contributed by atoms with Gasteiger partial charge in [0.25, 0.3) is 0 Å². The first-order chi connectivity index (χ1) is 13.0. The molecule has 1 aliphatic heterocycles. The molecule has 0 radical (unpaired) electrons. The van der Waals surface area contributed by atoms with Gasteiger partial charge in [-0.25, -0.2) is 9.97 Å². The van der Waals surface area contributed by atoms with E-state index in [-0.39, 0.29) is 5.91 Å². The summed E-state index contributed by atoms with van der Waals surface area (Å²) in [5.74, 6) is 2.61. The second kappa shape index (κ2) is 9.22. The fraction of sp³-hybridized carbons (Fsp3) is 0.476. The van der Waals surface area contributed by atoms with E-state index < -0.39 is 0 Å². The molecule has 5 nitrogen and oxygen atoms in total. The maximum atomic E-state index is 12.3. The smallest absolute Gasteiger partial charge is 0.234 e. The van der Waals surface area contributed by atoms with Gasteiger partial charge in [0.1, 0.15) is 17.2 Å². The van der Waals surface area contributed by atoms with Gasteiger partial charge in [0.15, 0.2) is 0 Å². The van der Waals surface area contributed by atoms with Crippen LogP contribution in [0.2, 0.25) is 0 Å². The average molecular weight is 385 g/mol. The van der Waals surface area contributed by atoms with Crippen LogP contribution >= 0.6 is 11.8 Å². The molecule has 1 aliphatic rings. The Bertz CT molecular complexity index is 772. The Morgan fingerprint density at radius 2 is 2.00 bits per heavy atom. The maximum absolute atomic E-state index is 12.3. The summed E-state index contributed by atoms with van der Waals surface area (Å²) in [5, 5.41) is 3.80. The van der Waals surface area contributed by atoms with Crippen LogP contribution < -0.4 is 10.2 Å². The van der Waals surface area contributed by atoms with Gasteiger partial charge in [-0.2, -0.15) is 0 Å². The summed E-state index contributed by atoms with van der Waals surface area (Å²) >= 11 is 1.45. The summed E-state index contributed by atoms with van der Waals surface area (Å²) in [6, 6.07) is 9.97. The second-order valence-corrected chi connectivity index (χ2v) is 8.45. The zero-order valence-electron chi connectivity index (χ0n) is 16.3. The number of nitrogens with one attached hydrogen (secondary N) is 1. The summed E-state index contributed by atoms with van der Waals surface area (Å²) in [7, 11) is 0. The van der Waals surface area contributed by atoms with Crippen molar-refractivity contribution in [2.75, 3.05) is 29.1 Å². The van der Waals surface area contributed by atoms with E-state index in [0.717, 1.165) is 36.0 Å². The van der Waals surface area contributed by atoms with Crippen LogP contribution in [0.15, 0.2) is 41.7 Å². The number of aryl methyl sites for hydroxylation is 1. The van der Waals surface area contributed by atoms with Gasteiger partial charge < -0.3 is 10.2 Å². The van der Waals surface area contributed by atoms with E-state index in [1.54, 1.807) is 6.33 Å². The molecule has 1 saturated heterocycles. The lowest BCUT2D eigenvalue weighted by Crippen LogP contribution is -2.39. The number of carbonyl (C=O) groups is 1. The van der Waals surface area contributed by atoms with Crippen LogP contribution in [0.25, 0.3) is 0 Å². The molecule has 1 aromatic heterocycles. The molecule has 1 N–H and O–H groups in total. The molecule has 1 aromatic carbocycles. The third-order valence-corrected chi connectivity index (χ3v) is 5.72. The number of nitrogens with zero attached hydrogens (tertiary/aromatic N) is 3. The highest BCUT2D eigenvalue weighted by molar-refractivity contribution is 7.99. The van der Waals surface area contributed by atoms with Gasteiger partial charge in [-0.3, -0.25) is 4.79 Å². The third kappa shape index (κ3) is 5.70. The number of amides is 1. The van der Waals surface area contributed by atoms with Gasteiger partial charge in [-0.1, -0.05) is 44.7 Å². The van der Waals surface area contributed by atoms with Crippen molar-refractivity contribution in [1.82, 2.24) is 9.97 Å². The van der Waals surface area contributed by atoms with Crippen LogP contribution in [-0.2, 0) is 11.2 Å². The molecule has 2 heterocycles. The number of benzene rings is 1. The predicted molar refractivity (Wildman–Crippen MR) is 112 cm³/mol. The zero-order valence-corrected chi connectivity index (χ0v) is 17.1. The summed E-state index contributed by atoms with van der Waals surface area (Å²) < 4.78 is 0. The highest BCUT2D eigenvalue weighted by Crippen LogP contribution is 2.27. The number of anilines is 2. The molecule has 0 aliphatic carbocycles. The molecule has 0 bridgehead atoms. The monoisotopic (exact) mass is 384 g/mol. The Hall–Kier alpha value is -2.08. The molecular formula is C21H28N4OS. The highest BCUT2D eigenvalue weighted by atomic mass is 32.2. The van der Waals surface area contributed by atoms with E-state index in [1.165, 1.54) is 23.7 Å². The van der Waals surface area contributed by atoms with Gasteiger partial charge >= 0.3 is 0 Å². The molecule has 144 valence electrons. The number of rotatable bonds is 6. The van der Waals surface area contributed by atoms with E-state index in [0.29, 0.717) is 17.6 Å². The third-order valence-electron chi connectivity index (χ3n) is 4.79. The SMILES string of the molecule is CCc1cccc(NC(=O)CSc2cc(N3C[C@@H](C)C[C@H](C)C3)ncn2)c1. The van der Waals surface area contributed by atoms with Crippen LogP contribution in [0.3, 0.4) is 0 Å². The Balaban J connectivity index is 1.57. The molecule has 0 saturated carbocycles. The number of aromatic nitrogens is 2. The number of hydrogen-bond donors (Lipinski definition) is 1. The standard InChI is InChI=1S/C21H28N4OS/c1-4-17-6-5-7-18(9-17)24-20(26)13-27-21-10-19(22-14-23-21)25-11-15(2)8-16(3)12-25/h5-7,9-10,14-16H,4,8,11-13H2,1-3H3,(H,24,26)/t15-,16-/m0/s1. The predicted octanol–water partition coefficient (Wildman–Crippen LogP) is 4.25. The Kier molecular flexibility index (Phi) is 6.72. The van der Waals surface area contributed by atoms with Crippen molar-refractivity contribution in [2.24, 2.45) is 11.8 Å². The molecular weight excluding hydrogens is 356 g/mol. The second-order valence-electron chi connectivity index (χ2n) is 7.46. The first-order valence-electron chi connectivity index (χ1n) is 9.62. The molecule has 0 unspecified atom stereocenters. The van der Waals surface area contributed by atoms with Crippen LogP contribution in [-0.4, -0.2) is 34.7 Å². The van der Waals surface area contributed by atoms with Crippen molar-refractivity contribution in [3.8, 4) is 0 Å². The van der Waals surface area contributed by atoms with E-state index in [2.05, 4.69) is 47.0 Å². The van der Waals surface area contributed by atoms with Crippen molar-refractivity contribution in [3.63, 3.8) is 0 Å². The molecule has 2 atom stereocenters. The van der Waals surface area contributed by atoms with Crippen LogP contribution in [0.1, 0.15) is 32.8 Å². The zero-order chi connectivity index (χ0) is 19.2. The minimum Gasteiger partial charge on any atom is -0.356 e. The van der Waals surface area contributed by atoms with Crippen LogP contribution in [0.4, 0.5) is 11.5 Å². The average Bonchev–Trinajstić information content (AvgIpc) is 2.66. The molecule has 2 aromatic rings. The molecule has 27 heavy (non-hydrogen) atoms. The Labute approximate surface area is 166 Å². The van der Waals surface area contributed by atoms with E-state index in [9.17, 15) is 4.79 Å². The molecule has 6 heteroatoms. The Morgan fingerprint density at radius 1 is 1.22 bits per heavy atom. The van der Waals surface area contributed by atoms with Crippen molar-refractivity contribution < 1.29 is 4.79 Å². The van der Waals surface area contributed by atoms with E-state index >= 15 is 0 Å². The fourth-order valence-electron chi connectivity index (χ4n) is 3.64. The Morgan fingerprint density at radius 3 is 2.74 bits per heavy atom. The lowest BCUT2D eigenvalue weighted by Gasteiger charge is -2.35. The molecule has 3 rings (SSSR count). The lowest BCUT2D eigenvalue weighted by atomic mass is 9.92. The number of carbonyl (C=O) groups excluding carboxylic acids is 1. The van der Waals surface area contributed by atoms with Gasteiger partial charge in [0.2, 0.25) is 5.91 Å². The molecule has 0 spiro atoms. The topological polar surface area (TPSA) is 58.1 Å². The quantitative estimate of drug-likeness (QED) is 0.596. The number of piperidine rings is 1. The summed E-state index contributed by atoms with van der Waals surface area (Å²) in [5.41, 5.74) is 2.06. The van der Waals surface area contributed by atoms with Gasteiger partial charge in [-0.15, -0.1) is 0 Å². The van der Waals surface area contributed by atoms with Crippen LogP contribution in [0.5, 0.6) is 0 Å². The van der Waals surface area contributed by atoms with Gasteiger partial charge in [-0.05, 0) is 42.4 Å². The van der Waals surface area contributed by atoms with Crippen molar-refractivity contribution in [2.45, 2.75) is 38.6 Å². The normalized spacial score (nSPS) is 19.7. The lowest BCUT2D eigenvalue weighted by molar-refractivity contribution is -0.113. The first kappa shape index (κ1) is 19.7. The molecule has 1 amide bonds. The van der Waals surface area contributed by atoms with E-state index in [1.807, 2.05) is 24.3 Å². The molecule has 1 fully saturated rings. The minimum absolute atomic E-state index is 0.0198. The maximum Gasteiger partial charge on any atom is 0.234 e. The highest BCUT2D eigenvalue weighted by Gasteiger charge is 2.23. The minimum atomic E-state index is -0.0198. The number of thioether (sulfide) groups is 1. The van der Waals surface area contributed by atoms with Gasteiger partial charge in [0.05, 0.1) is 5.75 Å². The van der Waals surface area contributed by atoms with Crippen molar-refractivity contribution in [1.29, 1.82) is 0 Å².